The van der Waals surface area contributed by atoms with Gasteiger partial charge in [0.2, 0.25) is 11.8 Å². The van der Waals surface area contributed by atoms with Crippen LogP contribution in [0.15, 0.2) is 36.4 Å². The molecule has 1 heterocycles. The molecule has 0 atom stereocenters. The van der Waals surface area contributed by atoms with Crippen molar-refractivity contribution in [3.63, 3.8) is 0 Å². The summed E-state index contributed by atoms with van der Waals surface area (Å²) in [4.78, 5) is 16.2. The Kier molecular flexibility index (Phi) is 3.99. The Labute approximate surface area is 114 Å². The lowest BCUT2D eigenvalue weighted by Gasteiger charge is -2.08. The second kappa shape index (κ2) is 5.87. The van der Waals surface area contributed by atoms with Gasteiger partial charge in [0.05, 0.1) is 0 Å². The molecule has 0 aliphatic carbocycles. The number of aromatic nitrogens is 1. The summed E-state index contributed by atoms with van der Waals surface area (Å²) in [6, 6.07) is 9.38. The van der Waals surface area contributed by atoms with Gasteiger partial charge in [-0.1, -0.05) is 0 Å². The van der Waals surface area contributed by atoms with Crippen LogP contribution in [0, 0.1) is 0 Å². The number of ether oxygens (including phenoxy) is 1. The van der Waals surface area contributed by atoms with E-state index >= 15 is 0 Å². The molecule has 0 saturated heterocycles. The van der Waals surface area contributed by atoms with Crippen LogP contribution in [0.5, 0.6) is 17.5 Å². The van der Waals surface area contributed by atoms with Gasteiger partial charge in [-0.3, -0.25) is 0 Å². The fourth-order valence-electron chi connectivity index (χ4n) is 1.48. The van der Waals surface area contributed by atoms with Crippen LogP contribution >= 0.6 is 0 Å². The molecule has 2 aromatic rings. The predicted molar refractivity (Wildman–Crippen MR) is 70.8 cm³/mol. The third-order valence-corrected chi connectivity index (χ3v) is 2.49. The van der Waals surface area contributed by atoms with Crippen LogP contribution in [-0.4, -0.2) is 34.6 Å². The second-order valence-electron chi connectivity index (χ2n) is 3.87. The van der Waals surface area contributed by atoms with Gasteiger partial charge < -0.3 is 25.1 Å². The minimum absolute atomic E-state index is 0.351. The normalized spacial score (nSPS) is 10.1. The van der Waals surface area contributed by atoms with E-state index in [4.69, 9.17) is 9.57 Å². The quantitative estimate of drug-likeness (QED) is 0.755. The fraction of sp³-hybridized carbons (Fsp3) is 0.154. The van der Waals surface area contributed by atoms with E-state index in [0.29, 0.717) is 10.5 Å². The molecule has 0 fully saturated rings. The Morgan fingerprint density at radius 1 is 1.15 bits per heavy atom. The maximum atomic E-state index is 11.5. The maximum Gasteiger partial charge on any atom is 0.370 e. The molecule has 0 radical (unpaired) electrons. The minimum Gasteiger partial charge on any atom is -0.492 e. The molecule has 0 saturated carbocycles. The van der Waals surface area contributed by atoms with E-state index in [1.807, 2.05) is 0 Å². The number of nitrogens with one attached hydrogen (secondary N) is 1. The van der Waals surface area contributed by atoms with E-state index in [2.05, 4.69) is 5.32 Å². The Hall–Kier alpha value is -2.83. The van der Waals surface area contributed by atoms with E-state index in [1.165, 1.54) is 12.1 Å². The summed E-state index contributed by atoms with van der Waals surface area (Å²) in [6.45, 7) is -0.351. The van der Waals surface area contributed by atoms with Crippen LogP contribution in [0.3, 0.4) is 0 Å². The standard InChI is InChI=1S/C13H14N2O5/c1-14-9-2-4-10(5-3-9)19-8-13(18)20-15-11(16)6-7-12(15)17/h2-7,14,16-17H,8H2,1H3. The Morgan fingerprint density at radius 3 is 2.30 bits per heavy atom. The highest BCUT2D eigenvalue weighted by atomic mass is 16.7. The van der Waals surface area contributed by atoms with Gasteiger partial charge in [0.1, 0.15) is 5.75 Å². The third kappa shape index (κ3) is 3.14. The molecule has 3 N–H and O–H groups in total. The number of hydrogen-bond donors (Lipinski definition) is 3. The first-order valence-electron chi connectivity index (χ1n) is 5.81. The Bertz CT molecular complexity index is 572. The summed E-state index contributed by atoms with van der Waals surface area (Å²) in [5.41, 5.74) is 0.919. The smallest absolute Gasteiger partial charge is 0.370 e. The van der Waals surface area contributed by atoms with E-state index in [-0.39, 0.29) is 18.4 Å². The summed E-state index contributed by atoms with van der Waals surface area (Å²) in [5, 5.41) is 21.6. The van der Waals surface area contributed by atoms with Gasteiger partial charge in [-0.15, -0.1) is 4.73 Å². The van der Waals surface area contributed by atoms with Crippen molar-refractivity contribution in [2.45, 2.75) is 0 Å². The molecule has 0 bridgehead atoms. The van der Waals surface area contributed by atoms with Gasteiger partial charge in [-0.25, -0.2) is 4.79 Å². The number of hydrogen-bond acceptors (Lipinski definition) is 6. The molecule has 0 aliphatic rings. The highest BCUT2D eigenvalue weighted by Crippen LogP contribution is 2.19. The van der Waals surface area contributed by atoms with Crippen LogP contribution < -0.4 is 14.9 Å². The number of carbonyl (C=O) groups excluding carboxylic acids is 1. The number of nitrogens with zero attached hydrogens (tertiary/aromatic N) is 1. The zero-order valence-corrected chi connectivity index (χ0v) is 10.7. The molecule has 1 aromatic heterocycles. The number of carbonyl (C=O) groups is 1. The molecule has 0 unspecified atom stereocenters. The second-order valence-corrected chi connectivity index (χ2v) is 3.87. The van der Waals surface area contributed by atoms with Crippen molar-refractivity contribution in [2.75, 3.05) is 19.0 Å². The van der Waals surface area contributed by atoms with Gasteiger partial charge >= 0.3 is 5.97 Å². The van der Waals surface area contributed by atoms with Crippen molar-refractivity contribution in [1.82, 2.24) is 4.73 Å². The van der Waals surface area contributed by atoms with Crippen molar-refractivity contribution in [3.05, 3.63) is 36.4 Å². The molecule has 7 heteroatoms. The zero-order chi connectivity index (χ0) is 14.5. The Morgan fingerprint density at radius 2 is 1.75 bits per heavy atom. The molecule has 2 rings (SSSR count). The summed E-state index contributed by atoms with van der Waals surface area (Å²) >= 11 is 0. The molecule has 20 heavy (non-hydrogen) atoms. The minimum atomic E-state index is -0.760. The largest absolute Gasteiger partial charge is 0.492 e. The van der Waals surface area contributed by atoms with Gasteiger partial charge in [0.15, 0.2) is 6.61 Å². The van der Waals surface area contributed by atoms with Crippen molar-refractivity contribution >= 4 is 11.7 Å². The average molecular weight is 278 g/mol. The molecule has 106 valence electrons. The molecule has 0 amide bonds. The molecular weight excluding hydrogens is 264 g/mol. The van der Waals surface area contributed by atoms with Crippen LogP contribution in [0.2, 0.25) is 0 Å². The van der Waals surface area contributed by atoms with Gasteiger partial charge in [-0.05, 0) is 24.3 Å². The van der Waals surface area contributed by atoms with Crippen molar-refractivity contribution in [2.24, 2.45) is 0 Å². The van der Waals surface area contributed by atoms with Crippen LogP contribution in [0.25, 0.3) is 0 Å². The lowest BCUT2D eigenvalue weighted by Crippen LogP contribution is -2.24. The first kappa shape index (κ1) is 13.6. The summed E-state index contributed by atoms with van der Waals surface area (Å²) in [6.07, 6.45) is 0. The van der Waals surface area contributed by atoms with Crippen LogP contribution in [-0.2, 0) is 4.79 Å². The zero-order valence-electron chi connectivity index (χ0n) is 10.7. The SMILES string of the molecule is CNc1ccc(OCC(=O)On2c(O)ccc2O)cc1. The first-order valence-corrected chi connectivity index (χ1v) is 5.81. The number of anilines is 1. The van der Waals surface area contributed by atoms with E-state index < -0.39 is 5.97 Å². The van der Waals surface area contributed by atoms with Gasteiger partial charge in [0, 0.05) is 24.9 Å². The maximum absolute atomic E-state index is 11.5. The lowest BCUT2D eigenvalue weighted by atomic mass is 10.3. The van der Waals surface area contributed by atoms with Crippen molar-refractivity contribution < 1.29 is 24.6 Å². The fourth-order valence-corrected chi connectivity index (χ4v) is 1.48. The average Bonchev–Trinajstić information content (AvgIpc) is 2.77. The topological polar surface area (TPSA) is 93.0 Å². The summed E-state index contributed by atoms with van der Waals surface area (Å²) < 4.78 is 5.82. The molecule has 1 aromatic carbocycles. The lowest BCUT2D eigenvalue weighted by molar-refractivity contribution is -0.147. The monoisotopic (exact) mass is 278 g/mol. The molecule has 0 aliphatic heterocycles. The number of benzene rings is 1. The van der Waals surface area contributed by atoms with Crippen molar-refractivity contribution in [1.29, 1.82) is 0 Å². The molecular formula is C13H14N2O5. The summed E-state index contributed by atoms with van der Waals surface area (Å²) in [7, 11) is 1.79. The number of aromatic hydroxyl groups is 2. The Balaban J connectivity index is 1.89. The van der Waals surface area contributed by atoms with Crippen molar-refractivity contribution in [3.8, 4) is 17.5 Å². The van der Waals surface area contributed by atoms with E-state index in [9.17, 15) is 15.0 Å². The number of rotatable bonds is 5. The first-order chi connectivity index (χ1) is 9.60. The molecule has 0 spiro atoms. The highest BCUT2D eigenvalue weighted by molar-refractivity contribution is 5.71. The van der Waals surface area contributed by atoms with Crippen LogP contribution in [0.1, 0.15) is 0 Å². The van der Waals surface area contributed by atoms with Gasteiger partial charge in [-0.2, -0.15) is 0 Å². The van der Waals surface area contributed by atoms with Gasteiger partial charge in [0.25, 0.3) is 0 Å². The summed E-state index contributed by atoms with van der Waals surface area (Å²) in [5.74, 6) is -1.02. The third-order valence-electron chi connectivity index (χ3n) is 2.49. The molecule has 7 nitrogen and oxygen atoms in total. The van der Waals surface area contributed by atoms with Crippen LogP contribution in [0.4, 0.5) is 5.69 Å². The van der Waals surface area contributed by atoms with E-state index in [0.717, 1.165) is 5.69 Å². The predicted octanol–water partition coefficient (Wildman–Crippen LogP) is 0.975. The highest BCUT2D eigenvalue weighted by Gasteiger charge is 2.12. The van der Waals surface area contributed by atoms with E-state index in [1.54, 1.807) is 31.3 Å².